The van der Waals surface area contributed by atoms with Gasteiger partial charge in [-0.05, 0) is 18.9 Å². The first-order valence-electron chi connectivity index (χ1n) is 5.47. The maximum absolute atomic E-state index is 11.8. The number of hydrogen-bond acceptors (Lipinski definition) is 3. The van der Waals surface area contributed by atoms with E-state index in [2.05, 4.69) is 4.72 Å². The molecule has 5 heteroatoms. The lowest BCUT2D eigenvalue weighted by Crippen LogP contribution is -2.34. The molecule has 0 spiro atoms. The van der Waals surface area contributed by atoms with Crippen LogP contribution in [0.3, 0.4) is 0 Å². The minimum atomic E-state index is -3.58. The third-order valence-electron chi connectivity index (χ3n) is 2.56. The van der Waals surface area contributed by atoms with Gasteiger partial charge in [0.15, 0.2) is 5.25 Å². The SMILES string of the molecule is CCC(NS(=O)(=O)C(C)C#N)c1ccccc1. The van der Waals surface area contributed by atoms with E-state index in [0.29, 0.717) is 6.42 Å². The average molecular weight is 252 g/mol. The molecule has 0 bridgehead atoms. The van der Waals surface area contributed by atoms with Crippen LogP contribution < -0.4 is 4.72 Å². The molecule has 0 saturated heterocycles. The third kappa shape index (κ3) is 3.55. The summed E-state index contributed by atoms with van der Waals surface area (Å²) in [7, 11) is -3.58. The van der Waals surface area contributed by atoms with Gasteiger partial charge in [0.2, 0.25) is 10.0 Å². The summed E-state index contributed by atoms with van der Waals surface area (Å²) in [6.45, 7) is 3.28. The van der Waals surface area contributed by atoms with Crippen molar-refractivity contribution in [1.29, 1.82) is 5.26 Å². The first-order chi connectivity index (χ1) is 8.01. The average Bonchev–Trinajstić information content (AvgIpc) is 2.36. The number of nitrogens with zero attached hydrogens (tertiary/aromatic N) is 1. The van der Waals surface area contributed by atoms with Crippen molar-refractivity contribution in [1.82, 2.24) is 4.72 Å². The van der Waals surface area contributed by atoms with Gasteiger partial charge in [-0.3, -0.25) is 0 Å². The van der Waals surface area contributed by atoms with E-state index in [1.54, 1.807) is 6.07 Å². The van der Waals surface area contributed by atoms with Gasteiger partial charge in [-0.1, -0.05) is 37.3 Å². The zero-order valence-electron chi connectivity index (χ0n) is 9.92. The van der Waals surface area contributed by atoms with E-state index in [9.17, 15) is 8.42 Å². The summed E-state index contributed by atoms with van der Waals surface area (Å²) in [5.41, 5.74) is 0.906. The minimum absolute atomic E-state index is 0.281. The largest absolute Gasteiger partial charge is 0.228 e. The molecule has 0 fully saturated rings. The van der Waals surface area contributed by atoms with Crippen LogP contribution in [-0.4, -0.2) is 13.7 Å². The van der Waals surface area contributed by atoms with E-state index >= 15 is 0 Å². The van der Waals surface area contributed by atoms with Crippen LogP contribution >= 0.6 is 0 Å². The quantitative estimate of drug-likeness (QED) is 0.871. The highest BCUT2D eigenvalue weighted by atomic mass is 32.2. The Morgan fingerprint density at radius 3 is 2.41 bits per heavy atom. The van der Waals surface area contributed by atoms with Crippen LogP contribution in [0.15, 0.2) is 30.3 Å². The molecule has 0 aliphatic carbocycles. The Hall–Kier alpha value is -1.38. The molecule has 0 heterocycles. The van der Waals surface area contributed by atoms with Gasteiger partial charge in [0.1, 0.15) is 0 Å². The van der Waals surface area contributed by atoms with E-state index in [0.717, 1.165) is 5.56 Å². The van der Waals surface area contributed by atoms with Gasteiger partial charge < -0.3 is 0 Å². The second-order valence-electron chi connectivity index (χ2n) is 3.81. The van der Waals surface area contributed by atoms with E-state index in [1.807, 2.05) is 37.3 Å². The fourth-order valence-electron chi connectivity index (χ4n) is 1.44. The molecule has 2 unspecified atom stereocenters. The van der Waals surface area contributed by atoms with E-state index in [-0.39, 0.29) is 6.04 Å². The van der Waals surface area contributed by atoms with Gasteiger partial charge in [-0.15, -0.1) is 0 Å². The standard InChI is InChI=1S/C12H16N2O2S/c1-3-12(11-7-5-4-6-8-11)14-17(15,16)10(2)9-13/h4-8,10,12,14H,3H2,1-2H3. The smallest absolute Gasteiger partial charge is 0.211 e. The first-order valence-corrected chi connectivity index (χ1v) is 7.01. The van der Waals surface area contributed by atoms with Crippen molar-refractivity contribution < 1.29 is 8.42 Å². The molecule has 0 saturated carbocycles. The maximum atomic E-state index is 11.8. The highest BCUT2D eigenvalue weighted by Crippen LogP contribution is 2.17. The Morgan fingerprint density at radius 1 is 1.35 bits per heavy atom. The predicted molar refractivity (Wildman–Crippen MR) is 66.6 cm³/mol. The molecule has 1 rings (SSSR count). The molecule has 4 nitrogen and oxygen atoms in total. The first kappa shape index (κ1) is 13.7. The van der Waals surface area contributed by atoms with Crippen LogP contribution in [0.1, 0.15) is 31.9 Å². The molecule has 17 heavy (non-hydrogen) atoms. The van der Waals surface area contributed by atoms with Crippen molar-refractivity contribution in [3.63, 3.8) is 0 Å². The van der Waals surface area contributed by atoms with Crippen molar-refractivity contribution in [2.24, 2.45) is 0 Å². The third-order valence-corrected chi connectivity index (χ3v) is 4.21. The molecule has 0 radical (unpaired) electrons. The molecule has 0 aliphatic rings. The van der Waals surface area contributed by atoms with E-state index < -0.39 is 15.3 Å². The fraction of sp³-hybridized carbons (Fsp3) is 0.417. The zero-order valence-corrected chi connectivity index (χ0v) is 10.7. The number of rotatable bonds is 5. The maximum Gasteiger partial charge on any atom is 0.228 e. The summed E-state index contributed by atoms with van der Waals surface area (Å²) in [6.07, 6.45) is 0.640. The molecule has 0 aliphatic heterocycles. The molecular formula is C12H16N2O2S. The highest BCUT2D eigenvalue weighted by Gasteiger charge is 2.24. The Kier molecular flexibility index (Phi) is 4.67. The molecule has 1 aromatic rings. The normalized spacial score (nSPS) is 14.9. The van der Waals surface area contributed by atoms with Gasteiger partial charge in [0, 0.05) is 6.04 Å². The Morgan fingerprint density at radius 2 is 1.94 bits per heavy atom. The molecule has 1 N–H and O–H groups in total. The molecule has 2 atom stereocenters. The Labute approximate surface area is 102 Å². The lowest BCUT2D eigenvalue weighted by atomic mass is 10.1. The lowest BCUT2D eigenvalue weighted by Gasteiger charge is -2.18. The number of nitriles is 1. The topological polar surface area (TPSA) is 70.0 Å². The van der Waals surface area contributed by atoms with Crippen LogP contribution in [0.2, 0.25) is 0 Å². The summed E-state index contributed by atoms with van der Waals surface area (Å²) >= 11 is 0. The van der Waals surface area contributed by atoms with Gasteiger partial charge in [-0.25, -0.2) is 13.1 Å². The number of nitrogens with one attached hydrogen (secondary N) is 1. The fourth-order valence-corrected chi connectivity index (χ4v) is 2.48. The summed E-state index contributed by atoms with van der Waals surface area (Å²) < 4.78 is 26.1. The van der Waals surface area contributed by atoms with Gasteiger partial charge in [0.05, 0.1) is 6.07 Å². The second kappa shape index (κ2) is 5.80. The van der Waals surface area contributed by atoms with E-state index in [4.69, 9.17) is 5.26 Å². The zero-order chi connectivity index (χ0) is 12.9. The Bertz CT molecular complexity index is 491. The molecule has 1 aromatic carbocycles. The second-order valence-corrected chi connectivity index (χ2v) is 5.84. The van der Waals surface area contributed by atoms with Crippen LogP contribution in [-0.2, 0) is 10.0 Å². The van der Waals surface area contributed by atoms with Crippen LogP contribution in [0.5, 0.6) is 0 Å². The van der Waals surface area contributed by atoms with Crippen molar-refractivity contribution >= 4 is 10.0 Å². The van der Waals surface area contributed by atoms with Crippen LogP contribution in [0.25, 0.3) is 0 Å². The van der Waals surface area contributed by atoms with Gasteiger partial charge >= 0.3 is 0 Å². The van der Waals surface area contributed by atoms with Crippen LogP contribution in [0.4, 0.5) is 0 Å². The predicted octanol–water partition coefficient (Wildman–Crippen LogP) is 1.97. The van der Waals surface area contributed by atoms with Crippen molar-refractivity contribution in [2.75, 3.05) is 0 Å². The van der Waals surface area contributed by atoms with Crippen LogP contribution in [0, 0.1) is 11.3 Å². The van der Waals surface area contributed by atoms with Crippen molar-refractivity contribution in [3.05, 3.63) is 35.9 Å². The Balaban J connectivity index is 2.90. The molecule has 0 amide bonds. The van der Waals surface area contributed by atoms with Gasteiger partial charge in [0.25, 0.3) is 0 Å². The number of hydrogen-bond donors (Lipinski definition) is 1. The molecule has 92 valence electrons. The number of sulfonamides is 1. The summed E-state index contributed by atoms with van der Waals surface area (Å²) in [6, 6.07) is 10.8. The van der Waals surface area contributed by atoms with Gasteiger partial charge in [-0.2, -0.15) is 5.26 Å². The molecule has 0 aromatic heterocycles. The monoisotopic (exact) mass is 252 g/mol. The number of benzene rings is 1. The highest BCUT2D eigenvalue weighted by molar-refractivity contribution is 7.90. The summed E-state index contributed by atoms with van der Waals surface area (Å²) in [5, 5.41) is 7.62. The summed E-state index contributed by atoms with van der Waals surface area (Å²) in [5.74, 6) is 0. The van der Waals surface area contributed by atoms with Crippen molar-refractivity contribution in [3.8, 4) is 6.07 Å². The van der Waals surface area contributed by atoms with Crippen molar-refractivity contribution in [2.45, 2.75) is 31.6 Å². The molecular weight excluding hydrogens is 236 g/mol. The summed E-state index contributed by atoms with van der Waals surface area (Å²) in [4.78, 5) is 0. The lowest BCUT2D eigenvalue weighted by molar-refractivity contribution is 0.546. The van der Waals surface area contributed by atoms with E-state index in [1.165, 1.54) is 6.92 Å². The minimum Gasteiger partial charge on any atom is -0.211 e.